The molecule has 0 aliphatic heterocycles. The summed E-state index contributed by atoms with van der Waals surface area (Å²) in [4.78, 5) is 4.02. The fourth-order valence-electron chi connectivity index (χ4n) is 1.48. The van der Waals surface area contributed by atoms with Gasteiger partial charge in [0.1, 0.15) is 11.6 Å². The molecular formula is C11H9F2N3O. The van der Waals surface area contributed by atoms with Crippen LogP contribution in [-0.2, 0) is 0 Å². The molecule has 2 aromatic rings. The predicted molar refractivity (Wildman–Crippen MR) is 56.3 cm³/mol. The van der Waals surface area contributed by atoms with Gasteiger partial charge < -0.3 is 9.84 Å². The van der Waals surface area contributed by atoms with Gasteiger partial charge in [-0.05, 0) is 25.0 Å². The molecule has 0 bridgehead atoms. The second kappa shape index (κ2) is 3.80. The first-order valence-electron chi connectivity index (χ1n) is 5.27. The summed E-state index contributed by atoms with van der Waals surface area (Å²) in [7, 11) is 0. The van der Waals surface area contributed by atoms with Gasteiger partial charge in [-0.15, -0.1) is 0 Å². The lowest BCUT2D eigenvalue weighted by atomic mass is 10.2. The Balaban J connectivity index is 1.88. The number of rotatable bonds is 3. The number of nitrogens with zero attached hydrogens (tertiary/aromatic N) is 2. The third-order valence-electron chi connectivity index (χ3n) is 2.45. The molecule has 88 valence electrons. The minimum absolute atomic E-state index is 0.173. The molecule has 1 aromatic heterocycles. The Labute approximate surface area is 95.6 Å². The minimum Gasteiger partial charge on any atom is -0.335 e. The maximum Gasteiger partial charge on any atom is 0.322 e. The van der Waals surface area contributed by atoms with E-state index < -0.39 is 11.6 Å². The van der Waals surface area contributed by atoms with Crippen LogP contribution in [0.2, 0.25) is 0 Å². The molecule has 4 nitrogen and oxygen atoms in total. The molecule has 17 heavy (non-hydrogen) atoms. The van der Waals surface area contributed by atoms with Gasteiger partial charge in [-0.3, -0.25) is 0 Å². The number of hydrogen-bond donors (Lipinski definition) is 1. The zero-order chi connectivity index (χ0) is 11.8. The van der Waals surface area contributed by atoms with Gasteiger partial charge in [0.2, 0.25) is 5.82 Å². The van der Waals surface area contributed by atoms with Crippen molar-refractivity contribution in [2.75, 3.05) is 5.32 Å². The highest BCUT2D eigenvalue weighted by Gasteiger charge is 2.23. The lowest BCUT2D eigenvalue weighted by molar-refractivity contribution is 0.431. The molecule has 1 aliphatic rings. The molecule has 0 radical (unpaired) electrons. The maximum absolute atomic E-state index is 13.0. The molecule has 1 aliphatic carbocycles. The highest BCUT2D eigenvalue weighted by atomic mass is 19.1. The number of hydrogen-bond acceptors (Lipinski definition) is 4. The van der Waals surface area contributed by atoms with Crippen LogP contribution < -0.4 is 5.32 Å². The summed E-state index contributed by atoms with van der Waals surface area (Å²) in [6.07, 6.45) is 2.15. The summed E-state index contributed by atoms with van der Waals surface area (Å²) in [5, 5.41) is 6.67. The Morgan fingerprint density at radius 2 is 1.88 bits per heavy atom. The quantitative estimate of drug-likeness (QED) is 0.891. The molecule has 1 saturated carbocycles. The second-order valence-electron chi connectivity index (χ2n) is 4.00. The first-order chi connectivity index (χ1) is 8.20. The van der Waals surface area contributed by atoms with E-state index in [1.54, 1.807) is 0 Å². The molecule has 0 saturated heterocycles. The summed E-state index contributed by atoms with van der Waals surface area (Å²) in [5.74, 6) is -1.16. The van der Waals surface area contributed by atoms with E-state index in [0.717, 1.165) is 31.0 Å². The molecule has 1 aromatic carbocycles. The number of nitrogens with one attached hydrogen (secondary N) is 1. The number of benzene rings is 1. The molecule has 1 fully saturated rings. The SMILES string of the molecule is Fc1cc(F)cc(-c2noc(NC3CC3)n2)c1. The standard InChI is InChI=1S/C11H9F2N3O/c12-7-3-6(4-8(13)5-7)10-15-11(17-16-10)14-9-1-2-9/h3-5,9H,1-2H2,(H,14,15,16). The Morgan fingerprint density at radius 1 is 1.18 bits per heavy atom. The second-order valence-corrected chi connectivity index (χ2v) is 4.00. The molecule has 0 spiro atoms. The minimum atomic E-state index is -0.665. The number of aromatic nitrogens is 2. The van der Waals surface area contributed by atoms with Crippen LogP contribution in [0.3, 0.4) is 0 Å². The highest BCUT2D eigenvalue weighted by molar-refractivity contribution is 5.55. The fourth-order valence-corrected chi connectivity index (χ4v) is 1.48. The van der Waals surface area contributed by atoms with E-state index in [0.29, 0.717) is 6.04 Å². The first-order valence-corrected chi connectivity index (χ1v) is 5.27. The summed E-state index contributed by atoms with van der Waals surface area (Å²) >= 11 is 0. The molecule has 3 rings (SSSR count). The zero-order valence-electron chi connectivity index (χ0n) is 8.78. The van der Waals surface area contributed by atoms with Crippen molar-refractivity contribution in [3.63, 3.8) is 0 Å². The largest absolute Gasteiger partial charge is 0.335 e. The smallest absolute Gasteiger partial charge is 0.322 e. The van der Waals surface area contributed by atoms with Gasteiger partial charge in [0, 0.05) is 17.7 Å². The molecule has 0 unspecified atom stereocenters. The number of anilines is 1. The van der Waals surface area contributed by atoms with Gasteiger partial charge in [0.15, 0.2) is 0 Å². The summed E-state index contributed by atoms with van der Waals surface area (Å²) in [6, 6.07) is 3.79. The van der Waals surface area contributed by atoms with Gasteiger partial charge in [0.05, 0.1) is 0 Å². The summed E-state index contributed by atoms with van der Waals surface area (Å²) < 4.78 is 30.9. The van der Waals surface area contributed by atoms with E-state index in [9.17, 15) is 8.78 Å². The highest BCUT2D eigenvalue weighted by Crippen LogP contribution is 2.25. The Bertz CT molecular complexity index is 531. The van der Waals surface area contributed by atoms with Crippen molar-refractivity contribution in [1.82, 2.24) is 10.1 Å². The fraction of sp³-hybridized carbons (Fsp3) is 0.273. The van der Waals surface area contributed by atoms with Crippen LogP contribution in [0.15, 0.2) is 22.7 Å². The molecule has 6 heteroatoms. The Morgan fingerprint density at radius 3 is 2.53 bits per heavy atom. The maximum atomic E-state index is 13.0. The van der Waals surface area contributed by atoms with Crippen LogP contribution in [0.5, 0.6) is 0 Å². The normalized spacial score (nSPS) is 14.9. The van der Waals surface area contributed by atoms with Crippen molar-refractivity contribution < 1.29 is 13.3 Å². The van der Waals surface area contributed by atoms with E-state index in [1.165, 1.54) is 0 Å². The van der Waals surface area contributed by atoms with Crippen molar-refractivity contribution in [3.05, 3.63) is 29.8 Å². The Kier molecular flexibility index (Phi) is 2.28. The monoisotopic (exact) mass is 237 g/mol. The van der Waals surface area contributed by atoms with Crippen molar-refractivity contribution in [2.45, 2.75) is 18.9 Å². The van der Waals surface area contributed by atoms with Gasteiger partial charge in [0.25, 0.3) is 0 Å². The van der Waals surface area contributed by atoms with Crippen molar-refractivity contribution in [3.8, 4) is 11.4 Å². The van der Waals surface area contributed by atoms with Gasteiger partial charge in [-0.1, -0.05) is 5.16 Å². The molecule has 0 amide bonds. The Hall–Kier alpha value is -1.98. The van der Waals surface area contributed by atoms with Gasteiger partial charge in [-0.25, -0.2) is 8.78 Å². The van der Waals surface area contributed by atoms with Crippen LogP contribution in [0.4, 0.5) is 14.8 Å². The lowest BCUT2D eigenvalue weighted by Gasteiger charge is -1.95. The van der Waals surface area contributed by atoms with Crippen LogP contribution in [0.1, 0.15) is 12.8 Å². The van der Waals surface area contributed by atoms with E-state index in [1.807, 2.05) is 0 Å². The van der Waals surface area contributed by atoms with Crippen LogP contribution in [-0.4, -0.2) is 16.2 Å². The average molecular weight is 237 g/mol. The van der Waals surface area contributed by atoms with Gasteiger partial charge in [-0.2, -0.15) is 4.98 Å². The lowest BCUT2D eigenvalue weighted by Crippen LogP contribution is -2.00. The summed E-state index contributed by atoms with van der Waals surface area (Å²) in [6.45, 7) is 0. The van der Waals surface area contributed by atoms with E-state index in [2.05, 4.69) is 15.5 Å². The summed E-state index contributed by atoms with van der Waals surface area (Å²) in [5.41, 5.74) is 0.259. The van der Waals surface area contributed by atoms with E-state index in [-0.39, 0.29) is 17.4 Å². The van der Waals surface area contributed by atoms with Crippen LogP contribution in [0.25, 0.3) is 11.4 Å². The van der Waals surface area contributed by atoms with E-state index >= 15 is 0 Å². The molecule has 0 atom stereocenters. The average Bonchev–Trinajstić information content (AvgIpc) is 2.93. The van der Waals surface area contributed by atoms with E-state index in [4.69, 9.17) is 4.52 Å². The molecular weight excluding hydrogens is 228 g/mol. The third kappa shape index (κ3) is 2.25. The topological polar surface area (TPSA) is 51.0 Å². The molecule has 1 heterocycles. The van der Waals surface area contributed by atoms with Crippen molar-refractivity contribution >= 4 is 6.01 Å². The van der Waals surface area contributed by atoms with Gasteiger partial charge >= 0.3 is 6.01 Å². The third-order valence-corrected chi connectivity index (χ3v) is 2.45. The van der Waals surface area contributed by atoms with Crippen LogP contribution in [0, 0.1) is 11.6 Å². The van der Waals surface area contributed by atoms with Crippen LogP contribution >= 0.6 is 0 Å². The van der Waals surface area contributed by atoms with Crippen molar-refractivity contribution in [2.24, 2.45) is 0 Å². The number of halogens is 2. The predicted octanol–water partition coefficient (Wildman–Crippen LogP) is 2.59. The molecule has 1 N–H and O–H groups in total. The first kappa shape index (κ1) is 10.2. The zero-order valence-corrected chi connectivity index (χ0v) is 8.78. The van der Waals surface area contributed by atoms with Crippen molar-refractivity contribution in [1.29, 1.82) is 0 Å².